The minimum absolute atomic E-state index is 0.0403. The van der Waals surface area contributed by atoms with Gasteiger partial charge >= 0.3 is 0 Å². The molecule has 1 N–H and O–H groups in total. The molecule has 0 aliphatic carbocycles. The van der Waals surface area contributed by atoms with Crippen LogP contribution in [0.25, 0.3) is 11.0 Å². The number of fused-ring (bicyclic) bond motifs is 1. The lowest BCUT2D eigenvalue weighted by molar-refractivity contribution is -0.129. The number of rotatable bonds is 6. The maximum Gasteiger partial charge on any atom is 0.225 e. The van der Waals surface area contributed by atoms with Crippen LogP contribution in [-0.4, -0.2) is 15.5 Å². The van der Waals surface area contributed by atoms with E-state index in [-0.39, 0.29) is 11.9 Å². The van der Waals surface area contributed by atoms with Gasteiger partial charge in [0.15, 0.2) is 0 Å². The highest BCUT2D eigenvalue weighted by atomic mass is 16.2. The summed E-state index contributed by atoms with van der Waals surface area (Å²) in [6, 6.07) is 18.3. The Morgan fingerprint density at radius 2 is 1.74 bits per heavy atom. The standard InChI is InChI=1S/C23H29N3O/c1-5-15-26-20-14-10-9-13-18(20)24-21(26)19(25-22(27)23(2,3)4)16-17-11-7-6-8-12-17/h6-14,19H,5,15-16H2,1-4H3,(H,25,27). The van der Waals surface area contributed by atoms with Gasteiger partial charge in [-0.25, -0.2) is 4.98 Å². The molecule has 0 radical (unpaired) electrons. The second-order valence-corrected chi connectivity index (χ2v) is 8.08. The van der Waals surface area contributed by atoms with Gasteiger partial charge in [0, 0.05) is 12.0 Å². The van der Waals surface area contributed by atoms with Crippen LogP contribution in [0.15, 0.2) is 54.6 Å². The second-order valence-electron chi connectivity index (χ2n) is 8.08. The number of hydrogen-bond donors (Lipinski definition) is 1. The Kier molecular flexibility index (Phi) is 5.64. The number of carbonyl (C=O) groups is 1. The SMILES string of the molecule is CCCn1c(C(Cc2ccccc2)NC(=O)C(C)(C)C)nc2ccccc21. The third-order valence-corrected chi connectivity index (χ3v) is 4.71. The Hall–Kier alpha value is -2.62. The molecule has 1 aromatic heterocycles. The van der Waals surface area contributed by atoms with Crippen molar-refractivity contribution in [2.75, 3.05) is 0 Å². The van der Waals surface area contributed by atoms with Crippen LogP contribution in [0.1, 0.15) is 51.5 Å². The Morgan fingerprint density at radius 3 is 2.41 bits per heavy atom. The lowest BCUT2D eigenvalue weighted by Crippen LogP contribution is -2.39. The van der Waals surface area contributed by atoms with Gasteiger partial charge in [-0.3, -0.25) is 4.79 Å². The van der Waals surface area contributed by atoms with Gasteiger partial charge in [-0.15, -0.1) is 0 Å². The molecule has 27 heavy (non-hydrogen) atoms. The lowest BCUT2D eigenvalue weighted by atomic mass is 9.94. The first-order chi connectivity index (χ1) is 12.9. The third-order valence-electron chi connectivity index (χ3n) is 4.71. The fourth-order valence-corrected chi connectivity index (χ4v) is 3.25. The minimum atomic E-state index is -0.448. The van der Waals surface area contributed by atoms with E-state index in [1.807, 2.05) is 57.2 Å². The van der Waals surface area contributed by atoms with Gasteiger partial charge in [-0.2, -0.15) is 0 Å². The largest absolute Gasteiger partial charge is 0.345 e. The monoisotopic (exact) mass is 363 g/mol. The van der Waals surface area contributed by atoms with E-state index in [9.17, 15) is 4.79 Å². The van der Waals surface area contributed by atoms with Crippen molar-refractivity contribution in [3.05, 3.63) is 66.0 Å². The second kappa shape index (κ2) is 7.95. The molecule has 3 aromatic rings. The molecule has 0 saturated heterocycles. The number of aryl methyl sites for hydroxylation is 1. The summed E-state index contributed by atoms with van der Waals surface area (Å²) in [6.07, 6.45) is 1.73. The molecule has 1 atom stereocenters. The predicted octanol–water partition coefficient (Wildman–Crippen LogP) is 4.89. The smallest absolute Gasteiger partial charge is 0.225 e. The molecule has 1 heterocycles. The van der Waals surface area contributed by atoms with E-state index < -0.39 is 5.41 Å². The maximum absolute atomic E-state index is 12.8. The van der Waals surface area contributed by atoms with Crippen molar-refractivity contribution in [2.24, 2.45) is 5.41 Å². The van der Waals surface area contributed by atoms with Crippen LogP contribution < -0.4 is 5.32 Å². The number of aromatic nitrogens is 2. The number of nitrogens with one attached hydrogen (secondary N) is 1. The Balaban J connectivity index is 2.05. The number of imidazole rings is 1. The van der Waals surface area contributed by atoms with Crippen LogP contribution in [0, 0.1) is 5.41 Å². The molecular weight excluding hydrogens is 334 g/mol. The van der Waals surface area contributed by atoms with E-state index in [4.69, 9.17) is 4.98 Å². The van der Waals surface area contributed by atoms with Crippen molar-refractivity contribution >= 4 is 16.9 Å². The van der Waals surface area contributed by atoms with Crippen LogP contribution in [0.5, 0.6) is 0 Å². The van der Waals surface area contributed by atoms with E-state index in [0.29, 0.717) is 0 Å². The van der Waals surface area contributed by atoms with E-state index in [2.05, 4.69) is 35.0 Å². The first-order valence-corrected chi connectivity index (χ1v) is 9.70. The van der Waals surface area contributed by atoms with Gasteiger partial charge in [0.25, 0.3) is 0 Å². The van der Waals surface area contributed by atoms with Crippen molar-refractivity contribution in [1.29, 1.82) is 0 Å². The van der Waals surface area contributed by atoms with E-state index in [1.165, 1.54) is 5.56 Å². The Morgan fingerprint density at radius 1 is 1.07 bits per heavy atom. The molecule has 0 saturated carbocycles. The zero-order valence-corrected chi connectivity index (χ0v) is 16.7. The van der Waals surface area contributed by atoms with Gasteiger partial charge in [0.2, 0.25) is 5.91 Å². The van der Waals surface area contributed by atoms with Crippen molar-refractivity contribution in [3.63, 3.8) is 0 Å². The molecule has 3 rings (SSSR count). The highest BCUT2D eigenvalue weighted by Gasteiger charge is 2.28. The zero-order chi connectivity index (χ0) is 19.4. The number of para-hydroxylation sites is 2. The van der Waals surface area contributed by atoms with Crippen molar-refractivity contribution in [3.8, 4) is 0 Å². The number of hydrogen-bond acceptors (Lipinski definition) is 2. The summed E-state index contributed by atoms with van der Waals surface area (Å²) in [5, 5.41) is 3.26. The molecule has 0 spiro atoms. The number of benzene rings is 2. The first-order valence-electron chi connectivity index (χ1n) is 9.70. The van der Waals surface area contributed by atoms with Gasteiger partial charge in [0.05, 0.1) is 17.1 Å². The number of nitrogens with zero attached hydrogens (tertiary/aromatic N) is 2. The quantitative estimate of drug-likeness (QED) is 0.677. The molecule has 1 amide bonds. The van der Waals surface area contributed by atoms with Crippen LogP contribution in [-0.2, 0) is 17.8 Å². The highest BCUT2D eigenvalue weighted by Crippen LogP contribution is 2.26. The highest BCUT2D eigenvalue weighted by molar-refractivity contribution is 5.82. The summed E-state index contributed by atoms with van der Waals surface area (Å²) in [6.45, 7) is 8.87. The summed E-state index contributed by atoms with van der Waals surface area (Å²) in [4.78, 5) is 17.7. The van der Waals surface area contributed by atoms with Crippen molar-refractivity contribution < 1.29 is 4.79 Å². The number of amides is 1. The van der Waals surface area contributed by atoms with Crippen LogP contribution >= 0.6 is 0 Å². The predicted molar refractivity (Wildman–Crippen MR) is 111 cm³/mol. The molecule has 0 aliphatic rings. The Labute approximate surface area is 161 Å². The summed E-state index contributed by atoms with van der Waals surface area (Å²) >= 11 is 0. The zero-order valence-electron chi connectivity index (χ0n) is 16.7. The van der Waals surface area contributed by atoms with Gasteiger partial charge < -0.3 is 9.88 Å². The van der Waals surface area contributed by atoms with Crippen LogP contribution in [0.4, 0.5) is 0 Å². The lowest BCUT2D eigenvalue weighted by Gasteiger charge is -2.25. The van der Waals surface area contributed by atoms with E-state index >= 15 is 0 Å². The van der Waals surface area contributed by atoms with Crippen LogP contribution in [0.3, 0.4) is 0 Å². The van der Waals surface area contributed by atoms with Crippen molar-refractivity contribution in [1.82, 2.24) is 14.9 Å². The summed E-state index contributed by atoms with van der Waals surface area (Å²) in [5.41, 5.74) is 2.84. The molecule has 0 bridgehead atoms. The van der Waals surface area contributed by atoms with Gasteiger partial charge in [-0.1, -0.05) is 70.2 Å². The average molecular weight is 364 g/mol. The molecule has 0 fully saturated rings. The molecule has 4 nitrogen and oxygen atoms in total. The van der Waals surface area contributed by atoms with Gasteiger partial charge in [0.1, 0.15) is 5.82 Å². The number of carbonyl (C=O) groups excluding carboxylic acids is 1. The van der Waals surface area contributed by atoms with E-state index in [0.717, 1.165) is 36.2 Å². The van der Waals surface area contributed by atoms with Crippen LogP contribution in [0.2, 0.25) is 0 Å². The topological polar surface area (TPSA) is 46.9 Å². The first kappa shape index (κ1) is 19.2. The molecule has 0 aliphatic heterocycles. The Bertz CT molecular complexity index is 906. The van der Waals surface area contributed by atoms with Gasteiger partial charge in [-0.05, 0) is 30.5 Å². The molecule has 4 heteroatoms. The van der Waals surface area contributed by atoms with E-state index in [1.54, 1.807) is 0 Å². The average Bonchev–Trinajstić information content (AvgIpc) is 3.00. The fourth-order valence-electron chi connectivity index (χ4n) is 3.25. The molecule has 2 aromatic carbocycles. The third kappa shape index (κ3) is 4.38. The minimum Gasteiger partial charge on any atom is -0.345 e. The molecular formula is C23H29N3O. The normalized spacial score (nSPS) is 12.9. The molecule has 1 unspecified atom stereocenters. The van der Waals surface area contributed by atoms with Crippen molar-refractivity contribution in [2.45, 2.75) is 53.1 Å². The summed E-state index contributed by atoms with van der Waals surface area (Å²) in [5.74, 6) is 0.970. The fraction of sp³-hybridized carbons (Fsp3) is 0.391. The summed E-state index contributed by atoms with van der Waals surface area (Å²) < 4.78 is 2.26. The summed E-state index contributed by atoms with van der Waals surface area (Å²) in [7, 11) is 0. The maximum atomic E-state index is 12.8. The molecule has 142 valence electrons.